The first-order valence-corrected chi connectivity index (χ1v) is 6.80. The summed E-state index contributed by atoms with van der Waals surface area (Å²) in [4.78, 5) is 36.8. The number of nitrogens with two attached hydrogens (primary N) is 1. The number of nitrogens with zero attached hydrogens (tertiary/aromatic N) is 1. The smallest absolute Gasteiger partial charge is 0.226 e. The maximum absolute atomic E-state index is 12.3. The zero-order valence-electron chi connectivity index (χ0n) is 11.8. The van der Waals surface area contributed by atoms with Gasteiger partial charge in [0.15, 0.2) is 0 Å². The van der Waals surface area contributed by atoms with Crippen molar-refractivity contribution in [1.82, 2.24) is 10.2 Å². The predicted molar refractivity (Wildman–Crippen MR) is 70.5 cm³/mol. The van der Waals surface area contributed by atoms with E-state index in [1.165, 1.54) is 0 Å². The van der Waals surface area contributed by atoms with Crippen molar-refractivity contribution in [2.24, 2.45) is 11.7 Å². The molecule has 2 saturated heterocycles. The third-order valence-electron chi connectivity index (χ3n) is 3.81. The maximum Gasteiger partial charge on any atom is 0.226 e. The van der Waals surface area contributed by atoms with Crippen LogP contribution in [0.2, 0.25) is 0 Å². The minimum atomic E-state index is -0.683. The van der Waals surface area contributed by atoms with Gasteiger partial charge in [-0.2, -0.15) is 0 Å². The van der Waals surface area contributed by atoms with Crippen LogP contribution in [-0.2, 0) is 19.1 Å². The number of primary amides is 1. The summed E-state index contributed by atoms with van der Waals surface area (Å²) in [7, 11) is 0. The van der Waals surface area contributed by atoms with E-state index in [1.54, 1.807) is 4.90 Å². The quantitative estimate of drug-likeness (QED) is 0.676. The molecule has 2 rings (SSSR count). The molecule has 0 radical (unpaired) electrons. The molecule has 2 aliphatic rings. The molecular formula is C13H21N3O4. The highest BCUT2D eigenvalue weighted by Gasteiger charge is 2.44. The van der Waals surface area contributed by atoms with Crippen molar-refractivity contribution in [2.75, 3.05) is 19.8 Å². The molecule has 7 nitrogen and oxygen atoms in total. The fourth-order valence-electron chi connectivity index (χ4n) is 2.67. The summed E-state index contributed by atoms with van der Waals surface area (Å²) < 4.78 is 5.08. The van der Waals surface area contributed by atoms with Crippen molar-refractivity contribution in [2.45, 2.75) is 38.3 Å². The van der Waals surface area contributed by atoms with Gasteiger partial charge in [-0.25, -0.2) is 0 Å². The Bertz CT molecular complexity index is 431. The minimum absolute atomic E-state index is 0.00559. The molecule has 0 aromatic heterocycles. The van der Waals surface area contributed by atoms with E-state index >= 15 is 0 Å². The zero-order chi connectivity index (χ0) is 14.9. The van der Waals surface area contributed by atoms with Gasteiger partial charge in [0.2, 0.25) is 17.7 Å². The van der Waals surface area contributed by atoms with Crippen LogP contribution in [0.4, 0.5) is 0 Å². The van der Waals surface area contributed by atoms with E-state index in [0.717, 1.165) is 0 Å². The number of ether oxygens (including phenoxy) is 1. The van der Waals surface area contributed by atoms with Gasteiger partial charge in [-0.1, -0.05) is 0 Å². The average molecular weight is 283 g/mol. The molecule has 20 heavy (non-hydrogen) atoms. The molecular weight excluding hydrogens is 262 g/mol. The van der Waals surface area contributed by atoms with Crippen LogP contribution in [0.25, 0.3) is 0 Å². The maximum atomic E-state index is 12.3. The van der Waals surface area contributed by atoms with Crippen molar-refractivity contribution >= 4 is 17.7 Å². The molecule has 2 heterocycles. The Morgan fingerprint density at radius 1 is 1.50 bits per heavy atom. The van der Waals surface area contributed by atoms with Crippen LogP contribution in [-0.4, -0.2) is 54.0 Å². The van der Waals surface area contributed by atoms with Crippen molar-refractivity contribution < 1.29 is 19.1 Å². The van der Waals surface area contributed by atoms with Gasteiger partial charge in [-0.05, 0) is 13.8 Å². The number of hydrogen-bond acceptors (Lipinski definition) is 4. The van der Waals surface area contributed by atoms with E-state index in [4.69, 9.17) is 10.5 Å². The second-order valence-corrected chi connectivity index (χ2v) is 5.95. The summed E-state index contributed by atoms with van der Waals surface area (Å²) in [6.07, 6.45) is 0.283. The highest BCUT2D eigenvalue weighted by atomic mass is 16.5. The largest absolute Gasteiger partial charge is 0.376 e. The predicted octanol–water partition coefficient (Wildman–Crippen LogP) is -0.996. The van der Waals surface area contributed by atoms with Gasteiger partial charge in [0.25, 0.3) is 0 Å². The summed E-state index contributed by atoms with van der Waals surface area (Å²) in [5.74, 6) is -1.05. The van der Waals surface area contributed by atoms with Crippen molar-refractivity contribution in [1.29, 1.82) is 0 Å². The summed E-state index contributed by atoms with van der Waals surface area (Å²) in [5, 5.41) is 2.84. The standard InChI is InChI=1S/C13H21N3O4/c1-8(2)16-5-9(3-11(16)18)12(19)15-13(4-10(14)17)6-20-7-13/h8-9H,3-7H2,1-2H3,(H2,14,17)(H,15,19). The summed E-state index contributed by atoms with van der Waals surface area (Å²) in [6, 6.07) is 0.0897. The van der Waals surface area contributed by atoms with Crippen molar-refractivity contribution in [3.63, 3.8) is 0 Å². The van der Waals surface area contributed by atoms with Crippen LogP contribution in [0.3, 0.4) is 0 Å². The number of carbonyl (C=O) groups excluding carboxylic acids is 3. The fourth-order valence-corrected chi connectivity index (χ4v) is 2.67. The third kappa shape index (κ3) is 2.92. The Morgan fingerprint density at radius 3 is 2.55 bits per heavy atom. The van der Waals surface area contributed by atoms with Gasteiger partial charge in [0, 0.05) is 19.0 Å². The summed E-state index contributed by atoms with van der Waals surface area (Å²) in [6.45, 7) is 4.85. The third-order valence-corrected chi connectivity index (χ3v) is 3.81. The molecule has 3 N–H and O–H groups in total. The molecule has 0 aliphatic carbocycles. The average Bonchev–Trinajstić information content (AvgIpc) is 2.68. The van der Waals surface area contributed by atoms with Crippen molar-refractivity contribution in [3.05, 3.63) is 0 Å². The van der Waals surface area contributed by atoms with Crippen LogP contribution in [0.1, 0.15) is 26.7 Å². The number of carbonyl (C=O) groups is 3. The van der Waals surface area contributed by atoms with Gasteiger partial charge in [0.05, 0.1) is 31.1 Å². The molecule has 7 heteroatoms. The van der Waals surface area contributed by atoms with Crippen LogP contribution < -0.4 is 11.1 Å². The molecule has 1 atom stereocenters. The molecule has 0 bridgehead atoms. The number of nitrogens with one attached hydrogen (secondary N) is 1. The summed E-state index contributed by atoms with van der Waals surface area (Å²) in [5.41, 5.74) is 4.51. The van der Waals surface area contributed by atoms with Gasteiger partial charge in [-0.15, -0.1) is 0 Å². The topological polar surface area (TPSA) is 102 Å². The van der Waals surface area contributed by atoms with Crippen LogP contribution in [0.15, 0.2) is 0 Å². The zero-order valence-corrected chi connectivity index (χ0v) is 11.8. The first-order chi connectivity index (χ1) is 9.33. The molecule has 2 aliphatic heterocycles. The number of hydrogen-bond donors (Lipinski definition) is 2. The highest BCUT2D eigenvalue weighted by Crippen LogP contribution is 2.25. The fraction of sp³-hybridized carbons (Fsp3) is 0.769. The highest BCUT2D eigenvalue weighted by molar-refractivity contribution is 5.90. The lowest BCUT2D eigenvalue weighted by Crippen LogP contribution is -2.64. The Morgan fingerprint density at radius 2 is 2.15 bits per heavy atom. The van der Waals surface area contributed by atoms with Crippen molar-refractivity contribution in [3.8, 4) is 0 Å². The molecule has 112 valence electrons. The monoisotopic (exact) mass is 283 g/mol. The van der Waals surface area contributed by atoms with E-state index in [9.17, 15) is 14.4 Å². The lowest BCUT2D eigenvalue weighted by atomic mass is 9.91. The van der Waals surface area contributed by atoms with Gasteiger partial charge < -0.3 is 20.7 Å². The lowest BCUT2D eigenvalue weighted by molar-refractivity contribution is -0.141. The molecule has 3 amide bonds. The van der Waals surface area contributed by atoms with Gasteiger partial charge >= 0.3 is 0 Å². The Kier molecular flexibility index (Phi) is 3.99. The molecule has 0 aromatic rings. The first kappa shape index (κ1) is 14.8. The van der Waals surface area contributed by atoms with Gasteiger partial charge in [0.1, 0.15) is 0 Å². The van der Waals surface area contributed by atoms with E-state index < -0.39 is 11.4 Å². The molecule has 2 fully saturated rings. The minimum Gasteiger partial charge on any atom is -0.376 e. The second kappa shape index (κ2) is 5.40. The number of likely N-dealkylation sites (tertiary alicyclic amines) is 1. The van der Waals surface area contributed by atoms with Crippen LogP contribution >= 0.6 is 0 Å². The van der Waals surface area contributed by atoms with Gasteiger partial charge in [-0.3, -0.25) is 14.4 Å². The normalized spacial score (nSPS) is 24.6. The first-order valence-electron chi connectivity index (χ1n) is 6.80. The number of amides is 3. The molecule has 0 saturated carbocycles. The molecule has 1 unspecified atom stereocenters. The molecule has 0 aromatic carbocycles. The summed E-state index contributed by atoms with van der Waals surface area (Å²) >= 11 is 0. The van der Waals surface area contributed by atoms with E-state index in [2.05, 4.69) is 5.32 Å². The van der Waals surface area contributed by atoms with E-state index in [0.29, 0.717) is 6.54 Å². The SMILES string of the molecule is CC(C)N1CC(C(=O)NC2(CC(N)=O)COC2)CC1=O. The Hall–Kier alpha value is -1.63. The van der Waals surface area contributed by atoms with Crippen LogP contribution in [0.5, 0.6) is 0 Å². The Labute approximate surface area is 117 Å². The molecule has 0 spiro atoms. The Balaban J connectivity index is 1.95. The lowest BCUT2D eigenvalue weighted by Gasteiger charge is -2.41. The van der Waals surface area contributed by atoms with E-state index in [1.807, 2.05) is 13.8 Å². The second-order valence-electron chi connectivity index (χ2n) is 5.95. The number of rotatable bonds is 5. The van der Waals surface area contributed by atoms with Crippen LogP contribution in [0, 0.1) is 5.92 Å². The van der Waals surface area contributed by atoms with E-state index in [-0.39, 0.29) is 49.8 Å².